The van der Waals surface area contributed by atoms with Crippen molar-refractivity contribution in [2.24, 2.45) is 0 Å². The highest BCUT2D eigenvalue weighted by Crippen LogP contribution is 2.35. The monoisotopic (exact) mass is 399 g/mol. The lowest BCUT2D eigenvalue weighted by atomic mass is 10.2. The van der Waals surface area contributed by atoms with Gasteiger partial charge in [-0.2, -0.15) is 4.98 Å². The maximum Gasteiger partial charge on any atom is 0.420 e. The van der Waals surface area contributed by atoms with Crippen LogP contribution in [-0.4, -0.2) is 35.9 Å². The molecule has 1 aromatic carbocycles. The van der Waals surface area contributed by atoms with Gasteiger partial charge in [0.25, 0.3) is 0 Å². The third kappa shape index (κ3) is 4.89. The van der Waals surface area contributed by atoms with Crippen LogP contribution in [0, 0.1) is 0 Å². The fourth-order valence-corrected chi connectivity index (χ4v) is 2.49. The van der Waals surface area contributed by atoms with Gasteiger partial charge in [0.05, 0.1) is 19.9 Å². The van der Waals surface area contributed by atoms with Gasteiger partial charge in [-0.05, 0) is 44.5 Å². The van der Waals surface area contributed by atoms with E-state index in [0.717, 1.165) is 0 Å². The van der Waals surface area contributed by atoms with Crippen LogP contribution in [0.15, 0.2) is 24.3 Å². The molecule has 0 aliphatic rings. The minimum absolute atomic E-state index is 0.0917. The van der Waals surface area contributed by atoms with Gasteiger partial charge in [-0.3, -0.25) is 0 Å². The zero-order chi connectivity index (χ0) is 19.5. The minimum atomic E-state index is -0.716. The van der Waals surface area contributed by atoms with Crippen molar-refractivity contribution in [2.45, 2.75) is 26.4 Å². The largest absolute Gasteiger partial charge is 0.493 e. The van der Waals surface area contributed by atoms with E-state index in [9.17, 15) is 4.79 Å². The topological polar surface area (TPSA) is 73.8 Å². The Morgan fingerprint density at radius 1 is 1.04 bits per heavy atom. The quantitative estimate of drug-likeness (QED) is 0.538. The Morgan fingerprint density at radius 3 is 2.23 bits per heavy atom. The van der Waals surface area contributed by atoms with Crippen LogP contribution in [-0.2, 0) is 4.74 Å². The Balaban J connectivity index is 2.58. The summed E-state index contributed by atoms with van der Waals surface area (Å²) in [6.45, 7) is 5.28. The van der Waals surface area contributed by atoms with E-state index in [1.54, 1.807) is 39.0 Å². The Labute approximate surface area is 161 Å². The molecule has 7 nitrogen and oxygen atoms in total. The second kappa shape index (κ2) is 7.97. The molecule has 26 heavy (non-hydrogen) atoms. The Hall–Kier alpha value is -2.25. The highest BCUT2D eigenvalue weighted by atomic mass is 35.5. The van der Waals surface area contributed by atoms with Gasteiger partial charge in [0.1, 0.15) is 16.6 Å². The van der Waals surface area contributed by atoms with E-state index in [2.05, 4.69) is 9.97 Å². The number of hydrogen-bond donors (Lipinski definition) is 0. The molecular weight excluding hydrogens is 381 g/mol. The fraction of sp³-hybridized carbons (Fsp3) is 0.353. The lowest BCUT2D eigenvalue weighted by molar-refractivity contribution is 0.0598. The molecule has 9 heteroatoms. The molecule has 1 aromatic heterocycles. The van der Waals surface area contributed by atoms with Gasteiger partial charge < -0.3 is 14.2 Å². The highest BCUT2D eigenvalue weighted by molar-refractivity contribution is 6.32. The zero-order valence-corrected chi connectivity index (χ0v) is 16.6. The molecule has 0 spiro atoms. The molecule has 2 rings (SSSR count). The van der Waals surface area contributed by atoms with E-state index in [0.29, 0.717) is 17.2 Å². The Morgan fingerprint density at radius 2 is 1.69 bits per heavy atom. The first-order chi connectivity index (χ1) is 12.1. The van der Waals surface area contributed by atoms with Crippen molar-refractivity contribution in [1.29, 1.82) is 0 Å². The van der Waals surface area contributed by atoms with E-state index in [1.807, 2.05) is 0 Å². The summed E-state index contributed by atoms with van der Waals surface area (Å²) in [5, 5.41) is -0.00410. The third-order valence-electron chi connectivity index (χ3n) is 3.08. The molecule has 1 amide bonds. The van der Waals surface area contributed by atoms with E-state index in [4.69, 9.17) is 37.4 Å². The molecule has 0 unspecified atom stereocenters. The molecule has 0 aliphatic carbocycles. The predicted molar refractivity (Wildman–Crippen MR) is 100.0 cm³/mol. The number of anilines is 2. The summed E-state index contributed by atoms with van der Waals surface area (Å²) in [7, 11) is 3.02. The van der Waals surface area contributed by atoms with Crippen LogP contribution in [0.3, 0.4) is 0 Å². The van der Waals surface area contributed by atoms with Crippen LogP contribution in [0.1, 0.15) is 20.8 Å². The molecule has 0 radical (unpaired) electrons. The molecule has 0 saturated heterocycles. The van der Waals surface area contributed by atoms with Crippen molar-refractivity contribution >= 4 is 40.8 Å². The summed E-state index contributed by atoms with van der Waals surface area (Å²) >= 11 is 11.9. The standard InChI is InChI=1S/C17H19Cl2N3O4/c1-17(2,3)26-16(23)22(14-9-13(18)20-15(19)21-14)10-6-7-11(24-4)12(8-10)25-5/h6-9H,1-5H3. The molecule has 0 saturated carbocycles. The number of methoxy groups -OCH3 is 2. The molecule has 0 bridgehead atoms. The maximum absolute atomic E-state index is 12.8. The summed E-state index contributed by atoms with van der Waals surface area (Å²) in [6, 6.07) is 6.35. The lowest BCUT2D eigenvalue weighted by Crippen LogP contribution is -2.34. The predicted octanol–water partition coefficient (Wildman–Crippen LogP) is 4.87. The number of carbonyl (C=O) groups excluding carboxylic acids is 1. The van der Waals surface area contributed by atoms with Gasteiger partial charge in [0, 0.05) is 12.1 Å². The van der Waals surface area contributed by atoms with E-state index < -0.39 is 11.7 Å². The number of benzene rings is 1. The highest BCUT2D eigenvalue weighted by Gasteiger charge is 2.27. The fourth-order valence-electron chi connectivity index (χ4n) is 2.10. The van der Waals surface area contributed by atoms with Gasteiger partial charge >= 0.3 is 6.09 Å². The van der Waals surface area contributed by atoms with Crippen LogP contribution in [0.25, 0.3) is 0 Å². The number of aromatic nitrogens is 2. The molecule has 0 atom stereocenters. The molecule has 2 aromatic rings. The molecule has 140 valence electrons. The summed E-state index contributed by atoms with van der Waals surface area (Å²) < 4.78 is 16.0. The van der Waals surface area contributed by atoms with Crippen LogP contribution in [0.4, 0.5) is 16.3 Å². The third-order valence-corrected chi connectivity index (χ3v) is 3.45. The van der Waals surface area contributed by atoms with E-state index in [-0.39, 0.29) is 16.3 Å². The average molecular weight is 400 g/mol. The van der Waals surface area contributed by atoms with Crippen molar-refractivity contribution in [3.8, 4) is 11.5 Å². The zero-order valence-electron chi connectivity index (χ0n) is 15.0. The normalized spacial score (nSPS) is 11.0. The van der Waals surface area contributed by atoms with E-state index >= 15 is 0 Å². The summed E-state index contributed by atoms with van der Waals surface area (Å²) in [5.41, 5.74) is -0.283. The number of halogens is 2. The number of amides is 1. The number of nitrogens with zero attached hydrogens (tertiary/aromatic N) is 3. The number of rotatable bonds is 4. The first-order valence-electron chi connectivity index (χ1n) is 7.60. The van der Waals surface area contributed by atoms with Crippen molar-refractivity contribution < 1.29 is 19.0 Å². The second-order valence-corrected chi connectivity index (χ2v) is 6.90. The second-order valence-electron chi connectivity index (χ2n) is 6.17. The van der Waals surface area contributed by atoms with Crippen LogP contribution in [0.5, 0.6) is 11.5 Å². The minimum Gasteiger partial charge on any atom is -0.493 e. The van der Waals surface area contributed by atoms with Gasteiger partial charge in [-0.1, -0.05) is 11.6 Å². The number of ether oxygens (including phenoxy) is 3. The lowest BCUT2D eigenvalue weighted by Gasteiger charge is -2.27. The molecule has 1 heterocycles. The van der Waals surface area contributed by atoms with Crippen molar-refractivity contribution in [2.75, 3.05) is 19.1 Å². The SMILES string of the molecule is COc1ccc(N(C(=O)OC(C)(C)C)c2cc(Cl)nc(Cl)n2)cc1OC. The van der Waals surface area contributed by atoms with Crippen molar-refractivity contribution in [3.05, 3.63) is 34.7 Å². The van der Waals surface area contributed by atoms with Gasteiger partial charge in [-0.25, -0.2) is 14.7 Å². The molecule has 0 N–H and O–H groups in total. The van der Waals surface area contributed by atoms with E-state index in [1.165, 1.54) is 25.2 Å². The molecule has 0 aliphatic heterocycles. The number of carbonyl (C=O) groups is 1. The smallest absolute Gasteiger partial charge is 0.420 e. The summed E-state index contributed by atoms with van der Waals surface area (Å²) in [4.78, 5) is 21.9. The Bertz CT molecular complexity index is 789. The van der Waals surface area contributed by atoms with Gasteiger partial charge in [0.15, 0.2) is 11.5 Å². The van der Waals surface area contributed by atoms with Crippen LogP contribution >= 0.6 is 23.2 Å². The first kappa shape index (κ1) is 20.1. The summed E-state index contributed by atoms with van der Waals surface area (Å²) in [5.74, 6) is 1.11. The maximum atomic E-state index is 12.8. The van der Waals surface area contributed by atoms with Gasteiger partial charge in [-0.15, -0.1) is 0 Å². The summed E-state index contributed by atoms with van der Waals surface area (Å²) in [6.07, 6.45) is -0.657. The molecule has 0 fully saturated rings. The first-order valence-corrected chi connectivity index (χ1v) is 8.35. The number of hydrogen-bond acceptors (Lipinski definition) is 6. The van der Waals surface area contributed by atoms with Gasteiger partial charge in [0.2, 0.25) is 5.28 Å². The molecular formula is C17H19Cl2N3O4. The van der Waals surface area contributed by atoms with Crippen molar-refractivity contribution in [1.82, 2.24) is 9.97 Å². The van der Waals surface area contributed by atoms with Crippen LogP contribution < -0.4 is 14.4 Å². The average Bonchev–Trinajstić information content (AvgIpc) is 2.52. The van der Waals surface area contributed by atoms with Crippen molar-refractivity contribution in [3.63, 3.8) is 0 Å². The van der Waals surface area contributed by atoms with Crippen LogP contribution in [0.2, 0.25) is 10.4 Å². The Kier molecular flexibility index (Phi) is 6.15.